The number of anilines is 1. The molecule has 2 rings (SSSR count). The van der Waals surface area contributed by atoms with E-state index in [0.29, 0.717) is 11.7 Å². The Labute approximate surface area is 148 Å². The van der Waals surface area contributed by atoms with Crippen LogP contribution in [0.25, 0.3) is 0 Å². The number of benzene rings is 2. The average molecular weight is 343 g/mol. The Morgan fingerprint density at radius 1 is 1.13 bits per heavy atom. The Balaban J connectivity index is 1.98. The van der Waals surface area contributed by atoms with Gasteiger partial charge >= 0.3 is 0 Å². The van der Waals surface area contributed by atoms with Gasteiger partial charge in [0.05, 0.1) is 0 Å². The minimum absolute atomic E-state index is 0.614. The molecule has 2 nitrogen and oxygen atoms in total. The molecule has 2 aromatic carbocycles. The number of hydrogen-bond acceptors (Lipinski definition) is 2. The molecule has 0 aliphatic heterocycles. The summed E-state index contributed by atoms with van der Waals surface area (Å²) in [5, 5.41) is 6.91. The summed E-state index contributed by atoms with van der Waals surface area (Å²) in [4.78, 5) is 2.51. The first-order valence-corrected chi connectivity index (χ1v) is 8.71. The van der Waals surface area contributed by atoms with Gasteiger partial charge < -0.3 is 10.6 Å². The van der Waals surface area contributed by atoms with Gasteiger partial charge in [0.15, 0.2) is 5.11 Å². The third-order valence-electron chi connectivity index (χ3n) is 3.23. The van der Waals surface area contributed by atoms with Crippen LogP contribution in [0.4, 0.5) is 5.69 Å². The van der Waals surface area contributed by atoms with Crippen LogP contribution >= 0.6 is 24.0 Å². The van der Waals surface area contributed by atoms with Gasteiger partial charge in [0, 0.05) is 22.0 Å². The lowest BCUT2D eigenvalue weighted by Gasteiger charge is -2.11. The highest BCUT2D eigenvalue weighted by atomic mass is 32.2. The van der Waals surface area contributed by atoms with Crippen molar-refractivity contribution >= 4 is 34.8 Å². The first-order chi connectivity index (χ1) is 10.9. The molecule has 0 unspecified atom stereocenters. The molecule has 23 heavy (non-hydrogen) atoms. The van der Waals surface area contributed by atoms with Crippen LogP contribution in [0, 0.1) is 13.8 Å². The maximum absolute atomic E-state index is 5.26. The average Bonchev–Trinajstić information content (AvgIpc) is 2.51. The molecule has 4 heteroatoms. The van der Waals surface area contributed by atoms with Gasteiger partial charge in [-0.3, -0.25) is 0 Å². The summed E-state index contributed by atoms with van der Waals surface area (Å²) >= 11 is 7.04. The largest absolute Gasteiger partial charge is 0.359 e. The van der Waals surface area contributed by atoms with Crippen molar-refractivity contribution in [3.05, 3.63) is 65.7 Å². The van der Waals surface area contributed by atoms with E-state index < -0.39 is 0 Å². The van der Waals surface area contributed by atoms with Crippen LogP contribution in [-0.2, 0) is 0 Å². The van der Waals surface area contributed by atoms with Gasteiger partial charge in [0.2, 0.25) is 0 Å². The molecule has 0 atom stereocenters. The standard InChI is InChI=1S/C19H22N2S2/c1-13(2)12-20-19(22)21-16-7-9-17(10-8-16)23-18-11-14(3)5-6-15(18)4/h5-11H,1,12H2,2-4H3,(H2,20,21,22). The second-order valence-electron chi connectivity index (χ2n) is 5.66. The zero-order valence-corrected chi connectivity index (χ0v) is 15.4. The van der Waals surface area contributed by atoms with Crippen molar-refractivity contribution in [2.24, 2.45) is 0 Å². The van der Waals surface area contributed by atoms with Crippen LogP contribution in [0.2, 0.25) is 0 Å². The van der Waals surface area contributed by atoms with E-state index >= 15 is 0 Å². The fourth-order valence-electron chi connectivity index (χ4n) is 1.96. The van der Waals surface area contributed by atoms with E-state index in [0.717, 1.165) is 11.3 Å². The summed E-state index contributed by atoms with van der Waals surface area (Å²) in [6.45, 7) is 10.8. The Hall–Kier alpha value is -1.78. The lowest BCUT2D eigenvalue weighted by Crippen LogP contribution is -2.29. The minimum atomic E-state index is 0.614. The van der Waals surface area contributed by atoms with Gasteiger partial charge in [-0.1, -0.05) is 36.0 Å². The smallest absolute Gasteiger partial charge is 0.171 e. The van der Waals surface area contributed by atoms with E-state index in [2.05, 4.69) is 61.4 Å². The van der Waals surface area contributed by atoms with Crippen molar-refractivity contribution in [1.82, 2.24) is 5.32 Å². The van der Waals surface area contributed by atoms with Crippen molar-refractivity contribution in [3.8, 4) is 0 Å². The lowest BCUT2D eigenvalue weighted by molar-refractivity contribution is 1.000. The molecule has 0 saturated carbocycles. The number of aryl methyl sites for hydroxylation is 2. The molecule has 0 amide bonds. The van der Waals surface area contributed by atoms with Gasteiger partial charge in [-0.2, -0.15) is 0 Å². The molecule has 0 saturated heterocycles. The summed E-state index contributed by atoms with van der Waals surface area (Å²) in [7, 11) is 0. The number of hydrogen-bond donors (Lipinski definition) is 2. The molecule has 0 fully saturated rings. The van der Waals surface area contributed by atoms with Crippen LogP contribution in [0.3, 0.4) is 0 Å². The predicted molar refractivity (Wildman–Crippen MR) is 106 cm³/mol. The summed E-state index contributed by atoms with van der Waals surface area (Å²) in [6.07, 6.45) is 0. The maximum Gasteiger partial charge on any atom is 0.171 e. The van der Waals surface area contributed by atoms with E-state index in [1.165, 1.54) is 20.9 Å². The van der Waals surface area contributed by atoms with Crippen molar-refractivity contribution in [2.75, 3.05) is 11.9 Å². The number of thiocarbonyl (C=S) groups is 1. The molecule has 2 N–H and O–H groups in total. The van der Waals surface area contributed by atoms with Crippen molar-refractivity contribution < 1.29 is 0 Å². The molecule has 0 aromatic heterocycles. The third kappa shape index (κ3) is 5.73. The highest BCUT2D eigenvalue weighted by Gasteiger charge is 2.03. The Morgan fingerprint density at radius 2 is 1.83 bits per heavy atom. The molecule has 0 spiro atoms. The van der Waals surface area contributed by atoms with E-state index in [1.54, 1.807) is 11.8 Å². The quantitative estimate of drug-likeness (QED) is 0.567. The number of nitrogens with one attached hydrogen (secondary N) is 2. The van der Waals surface area contributed by atoms with Gasteiger partial charge in [0.1, 0.15) is 0 Å². The molecule has 0 bridgehead atoms. The van der Waals surface area contributed by atoms with E-state index in [4.69, 9.17) is 12.2 Å². The molecule has 120 valence electrons. The van der Waals surface area contributed by atoms with Crippen molar-refractivity contribution in [3.63, 3.8) is 0 Å². The zero-order valence-electron chi connectivity index (χ0n) is 13.8. The fraction of sp³-hybridized carbons (Fsp3) is 0.211. The Morgan fingerprint density at radius 3 is 2.48 bits per heavy atom. The normalized spacial score (nSPS) is 10.2. The van der Waals surface area contributed by atoms with Gasteiger partial charge in [-0.15, -0.1) is 0 Å². The predicted octanol–water partition coefficient (Wildman–Crippen LogP) is 5.32. The van der Waals surface area contributed by atoms with Crippen LogP contribution in [0.15, 0.2) is 64.4 Å². The topological polar surface area (TPSA) is 24.1 Å². The summed E-state index contributed by atoms with van der Waals surface area (Å²) in [6, 6.07) is 14.8. The molecule has 0 aliphatic rings. The molecule has 2 aromatic rings. The second-order valence-corrected chi connectivity index (χ2v) is 7.18. The van der Waals surface area contributed by atoms with Crippen LogP contribution in [0.1, 0.15) is 18.1 Å². The molecule has 0 aliphatic carbocycles. The Kier molecular flexibility index (Phi) is 6.25. The summed E-state index contributed by atoms with van der Waals surface area (Å²) in [5.74, 6) is 0. The second kappa shape index (κ2) is 8.18. The van der Waals surface area contributed by atoms with Crippen molar-refractivity contribution in [1.29, 1.82) is 0 Å². The highest BCUT2D eigenvalue weighted by molar-refractivity contribution is 7.99. The first kappa shape index (κ1) is 17.6. The molecule has 0 radical (unpaired) electrons. The minimum Gasteiger partial charge on any atom is -0.359 e. The molecular weight excluding hydrogens is 320 g/mol. The lowest BCUT2D eigenvalue weighted by atomic mass is 10.2. The third-order valence-corrected chi connectivity index (χ3v) is 4.65. The zero-order chi connectivity index (χ0) is 16.8. The molecule has 0 heterocycles. The Bertz CT molecular complexity index is 706. The summed E-state index contributed by atoms with van der Waals surface area (Å²) in [5.41, 5.74) is 4.61. The fourth-order valence-corrected chi connectivity index (χ4v) is 3.15. The van der Waals surface area contributed by atoms with Gasteiger partial charge in [0.25, 0.3) is 0 Å². The summed E-state index contributed by atoms with van der Waals surface area (Å²) < 4.78 is 0. The van der Waals surface area contributed by atoms with E-state index in [-0.39, 0.29) is 0 Å². The van der Waals surface area contributed by atoms with Crippen LogP contribution < -0.4 is 10.6 Å². The monoisotopic (exact) mass is 342 g/mol. The van der Waals surface area contributed by atoms with Crippen LogP contribution in [0.5, 0.6) is 0 Å². The number of rotatable bonds is 5. The maximum atomic E-state index is 5.26. The SMILES string of the molecule is C=C(C)CNC(=S)Nc1ccc(Sc2cc(C)ccc2C)cc1. The van der Waals surface area contributed by atoms with Gasteiger partial charge in [-0.25, -0.2) is 0 Å². The van der Waals surface area contributed by atoms with E-state index in [9.17, 15) is 0 Å². The molecular formula is C19H22N2S2. The van der Waals surface area contributed by atoms with Crippen molar-refractivity contribution in [2.45, 2.75) is 30.6 Å². The highest BCUT2D eigenvalue weighted by Crippen LogP contribution is 2.31. The van der Waals surface area contributed by atoms with E-state index in [1.807, 2.05) is 19.1 Å². The van der Waals surface area contributed by atoms with Crippen LogP contribution in [-0.4, -0.2) is 11.7 Å². The first-order valence-electron chi connectivity index (χ1n) is 7.48. The van der Waals surface area contributed by atoms with Gasteiger partial charge in [-0.05, 0) is 74.4 Å².